The van der Waals surface area contributed by atoms with Crippen molar-refractivity contribution < 1.29 is 75.9 Å². The van der Waals surface area contributed by atoms with Gasteiger partial charge in [0.05, 0.1) is 19.0 Å². The molecule has 15 heavy (non-hydrogen) atoms. The maximum atomic E-state index is 11.0. The average molecular weight is 237 g/mol. The Morgan fingerprint density at radius 3 is 2.87 bits per heavy atom. The minimum Gasteiger partial charge on any atom is -0.547 e. The van der Waals surface area contributed by atoms with Crippen LogP contribution >= 0.6 is 0 Å². The summed E-state index contributed by atoms with van der Waals surface area (Å²) in [6.45, 7) is -0.326. The Labute approximate surface area is 128 Å². The van der Waals surface area contributed by atoms with Gasteiger partial charge in [-0.05, 0) is 6.08 Å². The van der Waals surface area contributed by atoms with E-state index in [2.05, 4.69) is 0 Å². The largest absolute Gasteiger partial charge is 1.00 e. The third kappa shape index (κ3) is 2.13. The number of rotatable bonds is 2. The quantitative estimate of drug-likeness (QED) is 0.382. The number of hydrogen-bond donors (Lipinski definition) is 1. The van der Waals surface area contributed by atoms with Gasteiger partial charge in [0, 0.05) is 0 Å². The van der Waals surface area contributed by atoms with Crippen LogP contribution in [0.15, 0.2) is 11.8 Å². The van der Waals surface area contributed by atoms with Gasteiger partial charge in [0.1, 0.15) is 11.8 Å². The predicted molar refractivity (Wildman–Crippen MR) is 40.3 cm³/mol. The number of carboxylic acid groups (broad SMARTS) is 1. The van der Waals surface area contributed by atoms with E-state index in [0.29, 0.717) is 0 Å². The van der Waals surface area contributed by atoms with E-state index in [1.807, 2.05) is 0 Å². The summed E-state index contributed by atoms with van der Waals surface area (Å²) in [6, 6.07) is -1.17. The molecule has 2 unspecified atom stereocenters. The fraction of sp³-hybridized carbons (Fsp3) is 0.500. The third-order valence-corrected chi connectivity index (χ3v) is 2.28. The van der Waals surface area contributed by atoms with Crippen LogP contribution in [0.25, 0.3) is 0 Å². The standard InChI is InChI=1S/C8H9NO5.K/c10-2-1-4-7(8(12)13)9-5(11)3-6(9)14-4;/h1,6-7,10H,2-3H2,(H,12,13);/q;+1/p-1/b4-1-;. The Morgan fingerprint density at radius 1 is 1.73 bits per heavy atom. The van der Waals surface area contributed by atoms with Crippen molar-refractivity contribution in [3.8, 4) is 0 Å². The molecule has 6 nitrogen and oxygen atoms in total. The van der Waals surface area contributed by atoms with Crippen LogP contribution in [0.1, 0.15) is 6.42 Å². The van der Waals surface area contributed by atoms with Crippen LogP contribution in [-0.4, -0.2) is 40.8 Å². The van der Waals surface area contributed by atoms with Crippen molar-refractivity contribution in [2.45, 2.75) is 18.7 Å². The number of hydrogen-bond acceptors (Lipinski definition) is 5. The number of β-lactam (4-membered cyclic amide) rings is 1. The first-order valence-electron chi connectivity index (χ1n) is 4.14. The molecule has 2 saturated heterocycles. The SMILES string of the molecule is O=C([O-])C1/C(=C/CO)OC2CC(=O)N21.[K+]. The molecule has 0 radical (unpaired) electrons. The van der Waals surface area contributed by atoms with Crippen molar-refractivity contribution >= 4 is 11.9 Å². The molecule has 0 saturated carbocycles. The number of nitrogens with zero attached hydrogens (tertiary/aromatic N) is 1. The number of aliphatic carboxylic acids is 1. The second-order valence-corrected chi connectivity index (χ2v) is 3.09. The van der Waals surface area contributed by atoms with Gasteiger partial charge < -0.3 is 19.7 Å². The summed E-state index contributed by atoms with van der Waals surface area (Å²) in [6.07, 6.45) is 0.918. The molecule has 2 atom stereocenters. The summed E-state index contributed by atoms with van der Waals surface area (Å²) in [5, 5.41) is 19.3. The molecule has 7 heteroatoms. The first-order valence-corrected chi connectivity index (χ1v) is 4.14. The molecule has 76 valence electrons. The summed E-state index contributed by atoms with van der Waals surface area (Å²) in [4.78, 5) is 22.9. The number of fused-ring (bicyclic) bond motifs is 1. The number of aliphatic hydroxyl groups excluding tert-OH is 1. The second kappa shape index (κ2) is 4.94. The van der Waals surface area contributed by atoms with Gasteiger partial charge in [0.2, 0.25) is 5.91 Å². The number of carbonyl (C=O) groups is 2. The van der Waals surface area contributed by atoms with Gasteiger partial charge in [-0.1, -0.05) is 0 Å². The zero-order valence-corrected chi connectivity index (χ0v) is 11.3. The fourth-order valence-corrected chi connectivity index (χ4v) is 1.65. The Hall–Kier alpha value is 0.0764. The van der Waals surface area contributed by atoms with Crippen molar-refractivity contribution in [2.75, 3.05) is 6.61 Å². The molecule has 0 aliphatic carbocycles. The molecular weight excluding hydrogens is 229 g/mol. The van der Waals surface area contributed by atoms with Crippen LogP contribution in [0.3, 0.4) is 0 Å². The minimum atomic E-state index is -1.39. The van der Waals surface area contributed by atoms with E-state index in [1.54, 1.807) is 0 Å². The van der Waals surface area contributed by atoms with Gasteiger partial charge in [-0.2, -0.15) is 0 Å². The molecule has 2 heterocycles. The van der Waals surface area contributed by atoms with Gasteiger partial charge in [-0.3, -0.25) is 9.69 Å². The number of ether oxygens (including phenoxy) is 1. The molecule has 0 aromatic heterocycles. The molecule has 2 aliphatic rings. The molecule has 1 N–H and O–H groups in total. The number of aliphatic hydroxyl groups is 1. The normalized spacial score (nSPS) is 30.3. The van der Waals surface area contributed by atoms with Crippen LogP contribution in [0.5, 0.6) is 0 Å². The zero-order valence-electron chi connectivity index (χ0n) is 8.17. The Bertz CT molecular complexity index is 329. The van der Waals surface area contributed by atoms with Gasteiger partial charge in [-0.15, -0.1) is 0 Å². The van der Waals surface area contributed by atoms with E-state index in [4.69, 9.17) is 9.84 Å². The van der Waals surface area contributed by atoms with E-state index in [-0.39, 0.29) is 76.1 Å². The Balaban J connectivity index is 0.00000112. The van der Waals surface area contributed by atoms with Gasteiger partial charge in [0.15, 0.2) is 6.23 Å². The van der Waals surface area contributed by atoms with Gasteiger partial charge in [0.25, 0.3) is 0 Å². The third-order valence-electron chi connectivity index (χ3n) is 2.28. The predicted octanol–water partition coefficient (Wildman–Crippen LogP) is -5.43. The van der Waals surface area contributed by atoms with E-state index in [9.17, 15) is 14.7 Å². The molecule has 0 spiro atoms. The van der Waals surface area contributed by atoms with Crippen molar-refractivity contribution in [2.24, 2.45) is 0 Å². The number of carbonyl (C=O) groups excluding carboxylic acids is 2. The van der Waals surface area contributed by atoms with Crippen LogP contribution in [0.4, 0.5) is 0 Å². The van der Waals surface area contributed by atoms with Crippen LogP contribution in [-0.2, 0) is 14.3 Å². The maximum Gasteiger partial charge on any atom is 1.00 e. The second-order valence-electron chi connectivity index (χ2n) is 3.09. The summed E-state index contributed by atoms with van der Waals surface area (Å²) < 4.78 is 5.13. The summed E-state index contributed by atoms with van der Waals surface area (Å²) >= 11 is 0. The van der Waals surface area contributed by atoms with Crippen LogP contribution < -0.4 is 56.5 Å². The molecule has 2 fully saturated rings. The number of carboxylic acids is 1. The summed E-state index contributed by atoms with van der Waals surface area (Å²) in [5.41, 5.74) is 0. The smallest absolute Gasteiger partial charge is 0.547 e. The van der Waals surface area contributed by atoms with Gasteiger partial charge in [-0.25, -0.2) is 0 Å². The molecular formula is C8H8KNO5. The van der Waals surface area contributed by atoms with Crippen LogP contribution in [0.2, 0.25) is 0 Å². The number of amides is 1. The van der Waals surface area contributed by atoms with Gasteiger partial charge >= 0.3 is 51.4 Å². The zero-order chi connectivity index (χ0) is 10.3. The average Bonchev–Trinajstić information content (AvgIpc) is 2.39. The summed E-state index contributed by atoms with van der Waals surface area (Å²) in [7, 11) is 0. The molecule has 0 aromatic rings. The molecule has 2 aliphatic heterocycles. The first-order chi connectivity index (χ1) is 6.65. The van der Waals surface area contributed by atoms with E-state index < -0.39 is 18.2 Å². The van der Waals surface area contributed by atoms with Crippen molar-refractivity contribution in [1.29, 1.82) is 0 Å². The Kier molecular flexibility index (Phi) is 4.33. The minimum absolute atomic E-state index is 0. The topological polar surface area (TPSA) is 89.9 Å². The molecule has 2 rings (SSSR count). The molecule has 0 bridgehead atoms. The van der Waals surface area contributed by atoms with E-state index in [0.717, 1.165) is 4.90 Å². The first kappa shape index (κ1) is 13.1. The fourth-order valence-electron chi connectivity index (χ4n) is 1.65. The van der Waals surface area contributed by atoms with E-state index >= 15 is 0 Å². The van der Waals surface area contributed by atoms with Crippen molar-refractivity contribution in [1.82, 2.24) is 4.90 Å². The maximum absolute atomic E-state index is 11.0. The molecule has 0 aromatic carbocycles. The molecule has 1 amide bonds. The van der Waals surface area contributed by atoms with Crippen LogP contribution in [0, 0.1) is 0 Å². The monoisotopic (exact) mass is 237 g/mol. The van der Waals surface area contributed by atoms with Crippen molar-refractivity contribution in [3.05, 3.63) is 11.8 Å². The Morgan fingerprint density at radius 2 is 2.40 bits per heavy atom. The summed E-state index contributed by atoms with van der Waals surface area (Å²) in [5.74, 6) is -1.57. The van der Waals surface area contributed by atoms with E-state index in [1.165, 1.54) is 6.08 Å². The van der Waals surface area contributed by atoms with Crippen molar-refractivity contribution in [3.63, 3.8) is 0 Å².